The molecule has 0 heterocycles. The minimum Gasteiger partial charge on any atom is -0.508 e. The van der Waals surface area contributed by atoms with Crippen molar-refractivity contribution in [1.82, 2.24) is 0 Å². The number of aromatic hydroxyl groups is 1. The predicted octanol–water partition coefficient (Wildman–Crippen LogP) is 2.75. The van der Waals surface area contributed by atoms with Crippen LogP contribution in [-0.2, 0) is 10.0 Å². The molecule has 0 unspecified atom stereocenters. The van der Waals surface area contributed by atoms with Crippen molar-refractivity contribution in [2.45, 2.75) is 11.8 Å². The van der Waals surface area contributed by atoms with Crippen molar-refractivity contribution in [1.29, 1.82) is 0 Å². The first-order valence-electron chi connectivity index (χ1n) is 6.03. The average Bonchev–Trinajstić information content (AvgIpc) is 2.42. The van der Waals surface area contributed by atoms with E-state index in [-0.39, 0.29) is 22.9 Å². The first kappa shape index (κ1) is 14.3. The van der Waals surface area contributed by atoms with Crippen LogP contribution in [0.3, 0.4) is 0 Å². The van der Waals surface area contributed by atoms with Crippen LogP contribution in [0, 0.1) is 5.82 Å². The van der Waals surface area contributed by atoms with Crippen LogP contribution in [0.2, 0.25) is 0 Å². The molecule has 0 radical (unpaired) electrons. The minimum absolute atomic E-state index is 0.000373. The molecule has 2 rings (SSSR count). The summed E-state index contributed by atoms with van der Waals surface area (Å²) in [4.78, 5) is 0.000373. The third-order valence-electron chi connectivity index (χ3n) is 2.83. The summed E-state index contributed by atoms with van der Waals surface area (Å²) in [7, 11) is -3.86. The van der Waals surface area contributed by atoms with Crippen LogP contribution in [0.4, 0.5) is 10.1 Å². The van der Waals surface area contributed by atoms with Gasteiger partial charge in [-0.3, -0.25) is 4.31 Å². The van der Waals surface area contributed by atoms with Gasteiger partial charge in [-0.1, -0.05) is 12.1 Å². The second-order valence-corrected chi connectivity index (χ2v) is 5.98. The fraction of sp³-hybridized carbons (Fsp3) is 0.143. The maximum atomic E-state index is 13.8. The Morgan fingerprint density at radius 1 is 1.10 bits per heavy atom. The zero-order valence-electron chi connectivity index (χ0n) is 10.8. The van der Waals surface area contributed by atoms with E-state index in [1.54, 1.807) is 13.0 Å². The van der Waals surface area contributed by atoms with Crippen molar-refractivity contribution in [2.75, 3.05) is 10.8 Å². The molecule has 1 N–H and O–H groups in total. The Labute approximate surface area is 117 Å². The van der Waals surface area contributed by atoms with E-state index in [1.165, 1.54) is 42.5 Å². The highest BCUT2D eigenvalue weighted by atomic mass is 32.2. The first-order valence-corrected chi connectivity index (χ1v) is 7.47. The summed E-state index contributed by atoms with van der Waals surface area (Å²) in [5, 5.41) is 9.21. The van der Waals surface area contributed by atoms with E-state index in [0.717, 1.165) is 4.31 Å². The van der Waals surface area contributed by atoms with Crippen LogP contribution in [0.25, 0.3) is 0 Å². The Balaban J connectivity index is 2.51. The third kappa shape index (κ3) is 2.60. The summed E-state index contributed by atoms with van der Waals surface area (Å²) in [5.41, 5.74) is 0.00285. The molecule has 0 bridgehead atoms. The van der Waals surface area contributed by atoms with Gasteiger partial charge in [0, 0.05) is 6.54 Å². The van der Waals surface area contributed by atoms with Gasteiger partial charge in [0.05, 0.1) is 10.6 Å². The quantitative estimate of drug-likeness (QED) is 0.943. The molecule has 20 heavy (non-hydrogen) atoms. The van der Waals surface area contributed by atoms with E-state index in [2.05, 4.69) is 0 Å². The topological polar surface area (TPSA) is 57.6 Å². The lowest BCUT2D eigenvalue weighted by molar-refractivity contribution is 0.474. The number of benzene rings is 2. The molecule has 0 amide bonds. The van der Waals surface area contributed by atoms with E-state index in [4.69, 9.17) is 0 Å². The van der Waals surface area contributed by atoms with E-state index in [1.807, 2.05) is 0 Å². The fourth-order valence-electron chi connectivity index (χ4n) is 1.87. The van der Waals surface area contributed by atoms with Crippen molar-refractivity contribution in [3.8, 4) is 5.75 Å². The zero-order chi connectivity index (χ0) is 14.8. The lowest BCUT2D eigenvalue weighted by atomic mass is 10.3. The molecule has 0 aliphatic rings. The number of hydrogen-bond donors (Lipinski definition) is 1. The van der Waals surface area contributed by atoms with E-state index in [9.17, 15) is 17.9 Å². The Hall–Kier alpha value is -2.08. The number of para-hydroxylation sites is 1. The highest BCUT2D eigenvalue weighted by molar-refractivity contribution is 7.92. The minimum atomic E-state index is -3.86. The number of nitrogens with zero attached hydrogens (tertiary/aromatic N) is 1. The number of anilines is 1. The Morgan fingerprint density at radius 2 is 1.70 bits per heavy atom. The molecule has 0 aliphatic carbocycles. The Bertz CT molecular complexity index is 699. The smallest absolute Gasteiger partial charge is 0.264 e. The molecule has 0 fully saturated rings. The molecule has 106 valence electrons. The molecule has 4 nitrogen and oxygen atoms in total. The Morgan fingerprint density at radius 3 is 2.25 bits per heavy atom. The number of rotatable bonds is 4. The van der Waals surface area contributed by atoms with Crippen LogP contribution >= 0.6 is 0 Å². The molecule has 6 heteroatoms. The largest absolute Gasteiger partial charge is 0.508 e. The molecule has 0 saturated heterocycles. The van der Waals surface area contributed by atoms with Gasteiger partial charge in [-0.15, -0.1) is 0 Å². The van der Waals surface area contributed by atoms with Crippen LogP contribution in [0.5, 0.6) is 5.75 Å². The SMILES string of the molecule is CCN(c1ccccc1F)S(=O)(=O)c1ccc(O)cc1. The molecule has 2 aromatic rings. The molecular weight excluding hydrogens is 281 g/mol. The maximum absolute atomic E-state index is 13.8. The molecular formula is C14H14FNO3S. The van der Waals surface area contributed by atoms with Gasteiger partial charge < -0.3 is 5.11 Å². The van der Waals surface area contributed by atoms with Crippen LogP contribution in [-0.4, -0.2) is 20.1 Å². The molecule has 0 saturated carbocycles. The van der Waals surface area contributed by atoms with Gasteiger partial charge in [-0.25, -0.2) is 12.8 Å². The van der Waals surface area contributed by atoms with Crippen LogP contribution in [0.15, 0.2) is 53.4 Å². The van der Waals surface area contributed by atoms with Crippen molar-refractivity contribution in [3.05, 3.63) is 54.3 Å². The predicted molar refractivity (Wildman–Crippen MR) is 74.7 cm³/mol. The zero-order valence-corrected chi connectivity index (χ0v) is 11.6. The number of halogens is 1. The average molecular weight is 295 g/mol. The number of sulfonamides is 1. The van der Waals surface area contributed by atoms with Gasteiger partial charge in [0.1, 0.15) is 11.6 Å². The molecule has 0 atom stereocenters. The second-order valence-electron chi connectivity index (χ2n) is 4.12. The summed E-state index contributed by atoms with van der Waals surface area (Å²) in [6.07, 6.45) is 0. The van der Waals surface area contributed by atoms with Crippen molar-refractivity contribution in [3.63, 3.8) is 0 Å². The van der Waals surface area contributed by atoms with Crippen molar-refractivity contribution < 1.29 is 17.9 Å². The third-order valence-corrected chi connectivity index (χ3v) is 4.74. The number of phenols is 1. The van der Waals surface area contributed by atoms with E-state index in [0.29, 0.717) is 0 Å². The Kier molecular flexibility index (Phi) is 3.94. The summed E-state index contributed by atoms with van der Waals surface area (Å²) >= 11 is 0. The van der Waals surface area contributed by atoms with Gasteiger partial charge in [-0.05, 0) is 43.3 Å². The van der Waals surface area contributed by atoms with E-state index < -0.39 is 15.8 Å². The van der Waals surface area contributed by atoms with Gasteiger partial charge in [-0.2, -0.15) is 0 Å². The highest BCUT2D eigenvalue weighted by Gasteiger charge is 2.25. The summed E-state index contributed by atoms with van der Waals surface area (Å²) in [5.74, 6) is -0.630. The van der Waals surface area contributed by atoms with Gasteiger partial charge in [0.15, 0.2) is 0 Å². The number of hydrogen-bond acceptors (Lipinski definition) is 3. The first-order chi connectivity index (χ1) is 9.46. The summed E-state index contributed by atoms with van der Waals surface area (Å²) in [6, 6.07) is 10.8. The van der Waals surface area contributed by atoms with Gasteiger partial charge in [0.2, 0.25) is 0 Å². The lowest BCUT2D eigenvalue weighted by Crippen LogP contribution is -2.31. The van der Waals surface area contributed by atoms with E-state index >= 15 is 0 Å². The fourth-order valence-corrected chi connectivity index (χ4v) is 3.35. The second kappa shape index (κ2) is 5.50. The number of phenolic OH excluding ortho intramolecular Hbond substituents is 1. The van der Waals surface area contributed by atoms with Crippen molar-refractivity contribution >= 4 is 15.7 Å². The lowest BCUT2D eigenvalue weighted by Gasteiger charge is -2.23. The van der Waals surface area contributed by atoms with Crippen LogP contribution < -0.4 is 4.31 Å². The van der Waals surface area contributed by atoms with Gasteiger partial charge in [0.25, 0.3) is 10.0 Å². The summed E-state index contributed by atoms with van der Waals surface area (Å²) < 4.78 is 39.8. The molecule has 0 aliphatic heterocycles. The highest BCUT2D eigenvalue weighted by Crippen LogP contribution is 2.26. The monoisotopic (exact) mass is 295 g/mol. The van der Waals surface area contributed by atoms with Crippen LogP contribution in [0.1, 0.15) is 6.92 Å². The van der Waals surface area contributed by atoms with Gasteiger partial charge >= 0.3 is 0 Å². The summed E-state index contributed by atoms with van der Waals surface area (Å²) in [6.45, 7) is 1.73. The normalized spacial score (nSPS) is 11.3. The van der Waals surface area contributed by atoms with Crippen molar-refractivity contribution in [2.24, 2.45) is 0 Å². The maximum Gasteiger partial charge on any atom is 0.264 e. The standard InChI is InChI=1S/C14H14FNO3S/c1-2-16(14-6-4-3-5-13(14)15)20(18,19)12-9-7-11(17)8-10-12/h3-10,17H,2H2,1H3. The molecule has 0 spiro atoms. The molecule has 2 aromatic carbocycles. The molecule has 0 aromatic heterocycles.